The van der Waals surface area contributed by atoms with E-state index in [0.717, 1.165) is 5.56 Å². The van der Waals surface area contributed by atoms with Gasteiger partial charge in [-0.15, -0.1) is 0 Å². The van der Waals surface area contributed by atoms with Crippen LogP contribution in [0.5, 0.6) is 0 Å². The smallest absolute Gasteiger partial charge is 0.423 e. The maximum absolute atomic E-state index is 9.30. The summed E-state index contributed by atoms with van der Waals surface area (Å²) in [6, 6.07) is 3.35. The number of fused-ring (bicyclic) bond motifs is 1. The SMILES string of the molecule is OB1OCc2cc(Cl)cc(Cl)c21. The molecule has 0 radical (unpaired) electrons. The quantitative estimate of drug-likeness (QED) is 0.642. The van der Waals surface area contributed by atoms with Gasteiger partial charge in [-0.3, -0.25) is 0 Å². The third-order valence-corrected chi connectivity index (χ3v) is 2.35. The Morgan fingerprint density at radius 1 is 1.42 bits per heavy atom. The van der Waals surface area contributed by atoms with E-state index in [9.17, 15) is 5.02 Å². The lowest BCUT2D eigenvalue weighted by Crippen LogP contribution is -2.28. The van der Waals surface area contributed by atoms with Gasteiger partial charge in [-0.1, -0.05) is 23.2 Å². The van der Waals surface area contributed by atoms with Gasteiger partial charge in [0.25, 0.3) is 0 Å². The van der Waals surface area contributed by atoms with Crippen molar-refractivity contribution < 1.29 is 9.68 Å². The zero-order chi connectivity index (χ0) is 8.72. The van der Waals surface area contributed by atoms with Crippen molar-refractivity contribution in [3.05, 3.63) is 27.7 Å². The van der Waals surface area contributed by atoms with Gasteiger partial charge < -0.3 is 9.68 Å². The standard InChI is InChI=1S/C7H5BCl2O2/c9-5-1-4-3-12-8(11)7(4)6(10)2-5/h1-2,11H,3H2. The molecule has 0 unspecified atom stereocenters. The summed E-state index contributed by atoms with van der Waals surface area (Å²) in [5.74, 6) is 0. The van der Waals surface area contributed by atoms with Crippen LogP contribution < -0.4 is 5.46 Å². The normalized spacial score (nSPS) is 15.1. The van der Waals surface area contributed by atoms with Gasteiger partial charge in [-0.05, 0) is 17.7 Å². The Labute approximate surface area is 80.2 Å². The highest BCUT2D eigenvalue weighted by atomic mass is 35.5. The van der Waals surface area contributed by atoms with E-state index in [4.69, 9.17) is 27.9 Å². The predicted molar refractivity (Wildman–Crippen MR) is 48.9 cm³/mol. The van der Waals surface area contributed by atoms with Crippen LogP contribution in [-0.2, 0) is 11.3 Å². The molecule has 1 aliphatic heterocycles. The molecule has 5 heteroatoms. The highest BCUT2D eigenvalue weighted by Crippen LogP contribution is 2.21. The average molecular weight is 203 g/mol. The second-order valence-corrected chi connectivity index (χ2v) is 3.47. The van der Waals surface area contributed by atoms with Crippen molar-refractivity contribution in [1.82, 2.24) is 0 Å². The second kappa shape index (κ2) is 2.93. The molecule has 0 amide bonds. The van der Waals surface area contributed by atoms with Crippen molar-refractivity contribution in [2.45, 2.75) is 6.61 Å². The number of hydrogen-bond donors (Lipinski definition) is 1. The van der Waals surface area contributed by atoms with Crippen LogP contribution in [-0.4, -0.2) is 12.1 Å². The fourth-order valence-corrected chi connectivity index (χ4v) is 1.91. The second-order valence-electron chi connectivity index (χ2n) is 2.62. The Kier molecular flexibility index (Phi) is 2.05. The Balaban J connectivity index is 2.60. The van der Waals surface area contributed by atoms with E-state index in [2.05, 4.69) is 0 Å². The number of benzene rings is 1. The maximum Gasteiger partial charge on any atom is 0.493 e. The highest BCUT2D eigenvalue weighted by molar-refractivity contribution is 6.65. The Morgan fingerprint density at radius 2 is 2.17 bits per heavy atom. The van der Waals surface area contributed by atoms with Crippen LogP contribution in [0.3, 0.4) is 0 Å². The largest absolute Gasteiger partial charge is 0.493 e. The summed E-state index contributed by atoms with van der Waals surface area (Å²) in [4.78, 5) is 0. The van der Waals surface area contributed by atoms with E-state index in [1.54, 1.807) is 12.1 Å². The molecule has 1 heterocycles. The molecule has 0 aromatic heterocycles. The fraction of sp³-hybridized carbons (Fsp3) is 0.143. The third-order valence-electron chi connectivity index (χ3n) is 1.82. The van der Waals surface area contributed by atoms with Crippen LogP contribution >= 0.6 is 23.2 Å². The van der Waals surface area contributed by atoms with Gasteiger partial charge in [0.15, 0.2) is 0 Å². The van der Waals surface area contributed by atoms with E-state index < -0.39 is 7.12 Å². The van der Waals surface area contributed by atoms with Crippen molar-refractivity contribution in [1.29, 1.82) is 0 Å². The van der Waals surface area contributed by atoms with Gasteiger partial charge in [0.1, 0.15) is 0 Å². The first kappa shape index (κ1) is 8.39. The van der Waals surface area contributed by atoms with Crippen LogP contribution in [0.4, 0.5) is 0 Å². The summed E-state index contributed by atoms with van der Waals surface area (Å²) in [6.45, 7) is 0.372. The first-order valence-electron chi connectivity index (χ1n) is 3.46. The molecule has 0 spiro atoms. The molecule has 1 aliphatic rings. The van der Waals surface area contributed by atoms with E-state index in [-0.39, 0.29) is 0 Å². The first-order valence-corrected chi connectivity index (χ1v) is 4.21. The van der Waals surface area contributed by atoms with Gasteiger partial charge in [0, 0.05) is 15.5 Å². The van der Waals surface area contributed by atoms with Crippen molar-refractivity contribution in [3.63, 3.8) is 0 Å². The zero-order valence-corrected chi connectivity index (χ0v) is 7.56. The topological polar surface area (TPSA) is 29.5 Å². The minimum absolute atomic E-state index is 0.372. The zero-order valence-electron chi connectivity index (χ0n) is 6.05. The summed E-state index contributed by atoms with van der Waals surface area (Å²) in [7, 11) is -0.898. The molecule has 62 valence electrons. The lowest BCUT2D eigenvalue weighted by atomic mass is 9.79. The lowest BCUT2D eigenvalue weighted by Gasteiger charge is -2.01. The van der Waals surface area contributed by atoms with Gasteiger partial charge in [-0.25, -0.2) is 0 Å². The first-order chi connectivity index (χ1) is 5.68. The third kappa shape index (κ3) is 1.23. The molecular formula is C7H5BCl2O2. The van der Waals surface area contributed by atoms with E-state index >= 15 is 0 Å². The molecule has 1 N–H and O–H groups in total. The molecule has 2 nitrogen and oxygen atoms in total. The molecule has 1 aromatic rings. The Morgan fingerprint density at radius 3 is 2.92 bits per heavy atom. The van der Waals surface area contributed by atoms with Crippen LogP contribution in [0.1, 0.15) is 5.56 Å². The molecule has 0 bridgehead atoms. The number of halogens is 2. The fourth-order valence-electron chi connectivity index (χ4n) is 1.29. The molecule has 0 aliphatic carbocycles. The maximum atomic E-state index is 9.30. The number of rotatable bonds is 0. The van der Waals surface area contributed by atoms with Crippen LogP contribution in [0.25, 0.3) is 0 Å². The van der Waals surface area contributed by atoms with E-state index in [0.29, 0.717) is 22.1 Å². The molecule has 1 aromatic carbocycles. The minimum Gasteiger partial charge on any atom is -0.423 e. The van der Waals surface area contributed by atoms with Gasteiger partial charge >= 0.3 is 7.12 Å². The molecule has 12 heavy (non-hydrogen) atoms. The van der Waals surface area contributed by atoms with Crippen molar-refractivity contribution in [2.75, 3.05) is 0 Å². The lowest BCUT2D eigenvalue weighted by molar-refractivity contribution is 0.275. The van der Waals surface area contributed by atoms with Crippen molar-refractivity contribution in [3.8, 4) is 0 Å². The molecule has 0 saturated heterocycles. The summed E-state index contributed by atoms with van der Waals surface area (Å²) < 4.78 is 4.97. The summed E-state index contributed by atoms with van der Waals surface area (Å²) >= 11 is 11.6. The molecule has 0 saturated carbocycles. The van der Waals surface area contributed by atoms with Gasteiger partial charge in [-0.2, -0.15) is 0 Å². The van der Waals surface area contributed by atoms with Crippen molar-refractivity contribution in [2.24, 2.45) is 0 Å². The molecule has 2 rings (SSSR count). The Bertz CT molecular complexity index is 329. The van der Waals surface area contributed by atoms with Crippen LogP contribution in [0.2, 0.25) is 10.0 Å². The van der Waals surface area contributed by atoms with Gasteiger partial charge in [0.2, 0.25) is 0 Å². The van der Waals surface area contributed by atoms with Crippen LogP contribution in [0.15, 0.2) is 12.1 Å². The molecular weight excluding hydrogens is 198 g/mol. The van der Waals surface area contributed by atoms with E-state index in [1.165, 1.54) is 0 Å². The average Bonchev–Trinajstić information content (AvgIpc) is 2.31. The Hall–Kier alpha value is -0.215. The van der Waals surface area contributed by atoms with Gasteiger partial charge in [0.05, 0.1) is 6.61 Å². The van der Waals surface area contributed by atoms with Crippen molar-refractivity contribution >= 4 is 35.8 Å². The predicted octanol–water partition coefficient (Wildman–Crippen LogP) is 1.21. The highest BCUT2D eigenvalue weighted by Gasteiger charge is 2.29. The van der Waals surface area contributed by atoms with E-state index in [1.807, 2.05) is 0 Å². The summed E-state index contributed by atoms with van der Waals surface area (Å²) in [6.07, 6.45) is 0. The van der Waals surface area contributed by atoms with Crippen LogP contribution in [0, 0.1) is 0 Å². The summed E-state index contributed by atoms with van der Waals surface area (Å²) in [5, 5.41) is 10.3. The number of hydrogen-bond acceptors (Lipinski definition) is 2. The molecule has 0 fully saturated rings. The molecule has 0 atom stereocenters. The monoisotopic (exact) mass is 202 g/mol. The minimum atomic E-state index is -0.898. The summed E-state index contributed by atoms with van der Waals surface area (Å²) in [5.41, 5.74) is 1.50.